The van der Waals surface area contributed by atoms with Crippen molar-refractivity contribution in [2.45, 2.75) is 0 Å². The zero-order valence-corrected chi connectivity index (χ0v) is 15.1. The van der Waals surface area contributed by atoms with Gasteiger partial charge in [-0.05, 0) is 30.3 Å². The third-order valence-corrected chi connectivity index (χ3v) is 4.37. The number of rotatable bonds is 7. The van der Waals surface area contributed by atoms with Crippen molar-refractivity contribution in [3.8, 4) is 11.5 Å². The van der Waals surface area contributed by atoms with Crippen molar-refractivity contribution in [3.63, 3.8) is 0 Å². The quantitative estimate of drug-likeness (QED) is 0.509. The first-order valence-electron chi connectivity index (χ1n) is 7.72. The Morgan fingerprint density at radius 2 is 2.00 bits per heavy atom. The molecule has 0 bridgehead atoms. The highest BCUT2D eigenvalue weighted by molar-refractivity contribution is 7.22. The number of thiazole rings is 1. The Morgan fingerprint density at radius 1 is 1.19 bits per heavy atom. The first-order valence-corrected chi connectivity index (χ1v) is 8.54. The fourth-order valence-corrected chi connectivity index (χ4v) is 3.09. The summed E-state index contributed by atoms with van der Waals surface area (Å²) in [6.07, 6.45) is 1.49. The lowest BCUT2D eigenvalue weighted by molar-refractivity contribution is -0.120. The van der Waals surface area contributed by atoms with Gasteiger partial charge in [-0.1, -0.05) is 28.6 Å². The summed E-state index contributed by atoms with van der Waals surface area (Å²) in [4.78, 5) is 21.3. The molecule has 1 aromatic heterocycles. The molecule has 0 saturated carbocycles. The van der Waals surface area contributed by atoms with Gasteiger partial charge in [0, 0.05) is 5.56 Å². The number of fused-ring (bicyclic) bond motifs is 1. The molecule has 0 aliphatic carbocycles. The average Bonchev–Trinajstić information content (AvgIpc) is 3.07. The van der Waals surface area contributed by atoms with E-state index in [0.29, 0.717) is 16.6 Å². The number of hydrogen-bond acceptors (Lipinski definition) is 7. The Morgan fingerprint density at radius 3 is 2.77 bits per heavy atom. The number of oxime groups is 1. The minimum atomic E-state index is -0.325. The van der Waals surface area contributed by atoms with E-state index in [-0.39, 0.29) is 12.5 Å². The maximum absolute atomic E-state index is 11.9. The van der Waals surface area contributed by atoms with Crippen molar-refractivity contribution in [1.29, 1.82) is 0 Å². The van der Waals surface area contributed by atoms with Gasteiger partial charge >= 0.3 is 0 Å². The molecule has 0 radical (unpaired) electrons. The van der Waals surface area contributed by atoms with E-state index in [1.807, 2.05) is 24.3 Å². The molecule has 7 nitrogen and oxygen atoms in total. The molecule has 0 aliphatic heterocycles. The fraction of sp³-hybridized carbons (Fsp3) is 0.167. The number of carbonyl (C=O) groups is 1. The summed E-state index contributed by atoms with van der Waals surface area (Å²) < 4.78 is 11.4. The molecule has 134 valence electrons. The lowest BCUT2D eigenvalue weighted by Crippen LogP contribution is -2.16. The molecule has 1 N–H and O–H groups in total. The summed E-state index contributed by atoms with van der Waals surface area (Å²) in [6, 6.07) is 13.0. The summed E-state index contributed by atoms with van der Waals surface area (Å²) in [5.74, 6) is 0.888. The fourth-order valence-electron chi connectivity index (χ4n) is 2.21. The number of nitrogens with zero attached hydrogens (tertiary/aromatic N) is 2. The molecule has 0 aliphatic rings. The summed E-state index contributed by atoms with van der Waals surface area (Å²) in [5.41, 5.74) is 1.61. The molecule has 0 spiro atoms. The Labute approximate surface area is 154 Å². The van der Waals surface area contributed by atoms with E-state index in [1.165, 1.54) is 17.6 Å². The van der Waals surface area contributed by atoms with Crippen LogP contribution >= 0.6 is 11.3 Å². The van der Waals surface area contributed by atoms with Crippen molar-refractivity contribution in [2.24, 2.45) is 5.16 Å². The second kappa shape index (κ2) is 8.30. The monoisotopic (exact) mass is 371 g/mol. The van der Waals surface area contributed by atoms with E-state index in [9.17, 15) is 4.79 Å². The number of ether oxygens (including phenoxy) is 2. The first-order chi connectivity index (χ1) is 12.7. The number of nitrogens with one attached hydrogen (secondary N) is 1. The summed E-state index contributed by atoms with van der Waals surface area (Å²) >= 11 is 1.41. The van der Waals surface area contributed by atoms with Crippen molar-refractivity contribution in [3.05, 3.63) is 48.0 Å². The van der Waals surface area contributed by atoms with E-state index in [0.717, 1.165) is 15.8 Å². The lowest BCUT2D eigenvalue weighted by atomic mass is 10.2. The number of anilines is 1. The molecular formula is C18H17N3O4S. The number of amides is 1. The summed E-state index contributed by atoms with van der Waals surface area (Å²) in [6.45, 7) is -0.209. The van der Waals surface area contributed by atoms with Crippen LogP contribution in [0.2, 0.25) is 0 Å². The topological polar surface area (TPSA) is 82.0 Å². The van der Waals surface area contributed by atoms with E-state index in [4.69, 9.17) is 14.3 Å². The zero-order chi connectivity index (χ0) is 18.4. The molecule has 1 heterocycles. The van der Waals surface area contributed by atoms with Crippen LogP contribution in [0.4, 0.5) is 5.13 Å². The molecule has 0 atom stereocenters. The second-order valence-electron chi connectivity index (χ2n) is 5.16. The molecule has 3 aromatic rings. The number of hydrogen-bond donors (Lipinski definition) is 1. The van der Waals surface area contributed by atoms with Crippen LogP contribution in [0, 0.1) is 0 Å². The lowest BCUT2D eigenvalue weighted by Gasteiger charge is -2.07. The van der Waals surface area contributed by atoms with E-state index >= 15 is 0 Å². The smallest absolute Gasteiger partial charge is 0.266 e. The van der Waals surface area contributed by atoms with Gasteiger partial charge in [0.1, 0.15) is 0 Å². The van der Waals surface area contributed by atoms with Crippen molar-refractivity contribution >= 4 is 38.8 Å². The molecule has 1 amide bonds. The number of benzene rings is 2. The number of carbonyl (C=O) groups excluding carboxylic acids is 1. The van der Waals surface area contributed by atoms with Crippen LogP contribution < -0.4 is 14.8 Å². The van der Waals surface area contributed by atoms with Crippen LogP contribution in [0.25, 0.3) is 10.2 Å². The average molecular weight is 371 g/mol. The predicted molar refractivity (Wildman–Crippen MR) is 101 cm³/mol. The third-order valence-electron chi connectivity index (χ3n) is 3.42. The maximum Gasteiger partial charge on any atom is 0.266 e. The Hall–Kier alpha value is -3.13. The predicted octanol–water partition coefficient (Wildman–Crippen LogP) is 3.30. The van der Waals surface area contributed by atoms with E-state index in [1.54, 1.807) is 32.4 Å². The summed E-state index contributed by atoms with van der Waals surface area (Å²) in [5, 5.41) is 7.03. The van der Waals surface area contributed by atoms with Gasteiger partial charge in [-0.2, -0.15) is 0 Å². The van der Waals surface area contributed by atoms with Gasteiger partial charge in [0.2, 0.25) is 0 Å². The minimum absolute atomic E-state index is 0.209. The highest BCUT2D eigenvalue weighted by atomic mass is 32.1. The van der Waals surface area contributed by atoms with Gasteiger partial charge < -0.3 is 14.3 Å². The normalized spacial score (nSPS) is 10.8. The molecule has 0 saturated heterocycles. The standard InChI is InChI=1S/C18H17N3O4S/c1-23-14-8-7-12(9-15(14)24-2)10-19-25-11-17(22)21-18-20-13-5-3-4-6-16(13)26-18/h3-10H,11H2,1-2H3,(H,20,21,22)/b19-10-. The van der Waals surface area contributed by atoms with Crippen LogP contribution in [-0.2, 0) is 9.63 Å². The Bertz CT molecular complexity index is 906. The first kappa shape index (κ1) is 17.7. The van der Waals surface area contributed by atoms with Crippen LogP contribution in [0.3, 0.4) is 0 Å². The van der Waals surface area contributed by atoms with E-state index < -0.39 is 0 Å². The molecule has 2 aromatic carbocycles. The van der Waals surface area contributed by atoms with Crippen molar-refractivity contribution < 1.29 is 19.1 Å². The number of aromatic nitrogens is 1. The van der Waals surface area contributed by atoms with Gasteiger partial charge in [0.15, 0.2) is 23.2 Å². The molecule has 3 rings (SSSR count). The van der Waals surface area contributed by atoms with Crippen LogP contribution in [0.5, 0.6) is 11.5 Å². The highest BCUT2D eigenvalue weighted by Crippen LogP contribution is 2.27. The van der Waals surface area contributed by atoms with Crippen LogP contribution in [0.15, 0.2) is 47.6 Å². The third kappa shape index (κ3) is 4.28. The molecule has 8 heteroatoms. The van der Waals surface area contributed by atoms with Crippen molar-refractivity contribution in [1.82, 2.24) is 4.98 Å². The maximum atomic E-state index is 11.9. The van der Waals surface area contributed by atoms with Crippen LogP contribution in [0.1, 0.15) is 5.56 Å². The minimum Gasteiger partial charge on any atom is -0.493 e. The summed E-state index contributed by atoms with van der Waals surface area (Å²) in [7, 11) is 3.13. The van der Waals surface area contributed by atoms with Gasteiger partial charge in [0.25, 0.3) is 5.91 Å². The number of para-hydroxylation sites is 1. The molecule has 26 heavy (non-hydrogen) atoms. The largest absolute Gasteiger partial charge is 0.493 e. The number of methoxy groups -OCH3 is 2. The molecular weight excluding hydrogens is 354 g/mol. The second-order valence-corrected chi connectivity index (χ2v) is 6.19. The van der Waals surface area contributed by atoms with Gasteiger partial charge in [-0.3, -0.25) is 10.1 Å². The molecule has 0 fully saturated rings. The van der Waals surface area contributed by atoms with E-state index in [2.05, 4.69) is 15.5 Å². The SMILES string of the molecule is COc1ccc(/C=N\OCC(=O)Nc2nc3ccccc3s2)cc1OC. The van der Waals surface area contributed by atoms with Gasteiger partial charge in [-0.25, -0.2) is 4.98 Å². The molecule has 0 unspecified atom stereocenters. The van der Waals surface area contributed by atoms with Gasteiger partial charge in [0.05, 0.1) is 30.7 Å². The Balaban J connectivity index is 1.52. The van der Waals surface area contributed by atoms with Gasteiger partial charge in [-0.15, -0.1) is 0 Å². The highest BCUT2D eigenvalue weighted by Gasteiger charge is 2.08. The Kier molecular flexibility index (Phi) is 5.65. The zero-order valence-electron chi connectivity index (χ0n) is 14.3. The van der Waals surface area contributed by atoms with Crippen molar-refractivity contribution in [2.75, 3.05) is 26.1 Å². The van der Waals surface area contributed by atoms with Crippen LogP contribution in [-0.4, -0.2) is 37.9 Å².